The number of pyridine rings is 2. The van der Waals surface area contributed by atoms with Gasteiger partial charge in [0, 0.05) is 12.3 Å². The summed E-state index contributed by atoms with van der Waals surface area (Å²) in [5.74, 6) is 5.92. The third-order valence-electron chi connectivity index (χ3n) is 4.67. The second kappa shape index (κ2) is 10.9. The van der Waals surface area contributed by atoms with Crippen molar-refractivity contribution in [3.8, 4) is 17.7 Å². The van der Waals surface area contributed by atoms with Gasteiger partial charge in [-0.3, -0.25) is 4.79 Å². The number of ketones is 1. The summed E-state index contributed by atoms with van der Waals surface area (Å²) in [5, 5.41) is 3.49. The van der Waals surface area contributed by atoms with Gasteiger partial charge < -0.3 is 15.8 Å². The molecule has 1 aromatic carbocycles. The summed E-state index contributed by atoms with van der Waals surface area (Å²) in [4.78, 5) is 21.6. The average molecular weight is 415 g/mol. The average Bonchev–Trinajstić information content (AvgIpc) is 2.80. The van der Waals surface area contributed by atoms with Gasteiger partial charge in [-0.1, -0.05) is 43.2 Å². The van der Waals surface area contributed by atoms with Gasteiger partial charge >= 0.3 is 0 Å². The van der Waals surface area contributed by atoms with E-state index < -0.39 is 0 Å². The van der Waals surface area contributed by atoms with Gasteiger partial charge in [-0.2, -0.15) is 0 Å². The molecule has 0 amide bonds. The van der Waals surface area contributed by atoms with E-state index in [-0.39, 0.29) is 28.9 Å². The fraction of sp³-hybridized carbons (Fsp3) is 0.240. The van der Waals surface area contributed by atoms with Gasteiger partial charge in [0.05, 0.1) is 17.2 Å². The van der Waals surface area contributed by atoms with Crippen molar-refractivity contribution >= 4 is 11.6 Å². The van der Waals surface area contributed by atoms with Gasteiger partial charge in [0.25, 0.3) is 0 Å². The topological polar surface area (TPSA) is 90.1 Å². The Morgan fingerprint density at radius 1 is 1.16 bits per heavy atom. The molecule has 3 rings (SSSR count). The first-order chi connectivity index (χ1) is 15.1. The molecule has 158 valence electrons. The van der Waals surface area contributed by atoms with Crippen molar-refractivity contribution in [1.29, 1.82) is 0 Å². The lowest BCUT2D eigenvalue weighted by Crippen LogP contribution is -2.27. The molecule has 31 heavy (non-hydrogen) atoms. The Bertz CT molecular complexity index is 1090. The molecule has 0 bridgehead atoms. The van der Waals surface area contributed by atoms with Crippen LogP contribution in [0.4, 0.5) is 5.82 Å². The first-order valence-electron chi connectivity index (χ1n) is 10.2. The van der Waals surface area contributed by atoms with Crippen LogP contribution >= 0.6 is 0 Å². The minimum atomic E-state index is -0.336. The molecule has 3 aromatic rings. The van der Waals surface area contributed by atoms with Crippen LogP contribution in [-0.2, 0) is 0 Å². The SMILES string of the molecule is CC#Cc1ccc(OC[C@H](NCCC)c2ccccc2)nc1C(=O)c1cccnc1N. The molecule has 2 heterocycles. The number of rotatable bonds is 9. The number of carbonyl (C=O) groups excluding carboxylic acids is 1. The Hall–Kier alpha value is -3.69. The Balaban J connectivity index is 1.86. The first-order valence-corrected chi connectivity index (χ1v) is 10.2. The fourth-order valence-corrected chi connectivity index (χ4v) is 3.11. The van der Waals surface area contributed by atoms with Gasteiger partial charge in [0.1, 0.15) is 18.1 Å². The maximum Gasteiger partial charge on any atom is 0.216 e. The van der Waals surface area contributed by atoms with Crippen LogP contribution in [0, 0.1) is 11.8 Å². The third kappa shape index (κ3) is 5.68. The van der Waals surface area contributed by atoms with Crippen LogP contribution in [0.2, 0.25) is 0 Å². The molecule has 0 saturated carbocycles. The van der Waals surface area contributed by atoms with Crippen molar-refractivity contribution in [2.24, 2.45) is 0 Å². The highest BCUT2D eigenvalue weighted by molar-refractivity contribution is 6.11. The standard InChI is InChI=1S/C25H26N4O2/c1-3-9-19-13-14-22(29-23(19)24(30)20-12-8-16-28-25(20)26)31-17-21(27-15-4-2)18-10-6-5-7-11-18/h5-8,10-14,16,21,27H,4,15,17H2,1-2H3,(H2,26,28)/t21-/m0/s1. The molecule has 6 heteroatoms. The third-order valence-corrected chi connectivity index (χ3v) is 4.67. The van der Waals surface area contributed by atoms with E-state index in [9.17, 15) is 4.79 Å². The zero-order valence-electron chi connectivity index (χ0n) is 17.8. The summed E-state index contributed by atoms with van der Waals surface area (Å²) in [7, 11) is 0. The van der Waals surface area contributed by atoms with Gasteiger partial charge in [-0.05, 0) is 43.7 Å². The predicted octanol–water partition coefficient (Wildman–Crippen LogP) is 3.78. The van der Waals surface area contributed by atoms with Gasteiger partial charge in [0.15, 0.2) is 0 Å². The molecule has 0 aliphatic rings. The van der Waals surface area contributed by atoms with Crippen LogP contribution in [0.15, 0.2) is 60.8 Å². The lowest BCUT2D eigenvalue weighted by Gasteiger charge is -2.19. The molecule has 0 aliphatic heterocycles. The zero-order valence-corrected chi connectivity index (χ0v) is 17.8. The Kier molecular flexibility index (Phi) is 7.74. The number of aromatic nitrogens is 2. The molecular weight excluding hydrogens is 388 g/mol. The maximum absolute atomic E-state index is 13.1. The summed E-state index contributed by atoms with van der Waals surface area (Å²) >= 11 is 0. The molecule has 3 N–H and O–H groups in total. The minimum absolute atomic E-state index is 0.00572. The Labute approximate surface area is 182 Å². The quantitative estimate of drug-likeness (QED) is 0.409. The van der Waals surface area contributed by atoms with Crippen molar-refractivity contribution < 1.29 is 9.53 Å². The number of benzene rings is 1. The smallest absolute Gasteiger partial charge is 0.216 e. The highest BCUT2D eigenvalue weighted by atomic mass is 16.5. The number of ether oxygens (including phenoxy) is 1. The zero-order chi connectivity index (χ0) is 22.1. The monoisotopic (exact) mass is 414 g/mol. The number of hydrogen-bond donors (Lipinski definition) is 2. The van der Waals surface area contributed by atoms with E-state index >= 15 is 0 Å². The van der Waals surface area contributed by atoms with Crippen LogP contribution in [0.5, 0.6) is 5.88 Å². The molecule has 0 aliphatic carbocycles. The molecule has 0 unspecified atom stereocenters. The van der Waals surface area contributed by atoms with Crippen molar-refractivity contribution in [3.63, 3.8) is 0 Å². The number of carbonyl (C=O) groups is 1. The Morgan fingerprint density at radius 3 is 2.68 bits per heavy atom. The number of nitrogen functional groups attached to an aromatic ring is 1. The van der Waals surface area contributed by atoms with E-state index in [0.29, 0.717) is 18.1 Å². The summed E-state index contributed by atoms with van der Waals surface area (Å²) in [6.45, 7) is 5.07. The fourth-order valence-electron chi connectivity index (χ4n) is 3.11. The number of hydrogen-bond acceptors (Lipinski definition) is 6. The van der Waals surface area contributed by atoms with Crippen molar-refractivity contribution in [2.75, 3.05) is 18.9 Å². The highest BCUT2D eigenvalue weighted by Gasteiger charge is 2.19. The van der Waals surface area contributed by atoms with Gasteiger partial charge in [-0.15, -0.1) is 5.92 Å². The molecule has 1 atom stereocenters. The summed E-state index contributed by atoms with van der Waals surface area (Å²) in [6, 6.07) is 16.9. The minimum Gasteiger partial charge on any atom is -0.476 e. The van der Waals surface area contributed by atoms with Crippen LogP contribution in [0.1, 0.15) is 53.5 Å². The number of nitrogens with two attached hydrogens (primary N) is 1. The number of nitrogens with one attached hydrogen (secondary N) is 1. The maximum atomic E-state index is 13.1. The van der Waals surface area contributed by atoms with Crippen LogP contribution < -0.4 is 15.8 Å². The molecule has 0 radical (unpaired) electrons. The van der Waals surface area contributed by atoms with E-state index in [1.54, 1.807) is 37.4 Å². The van der Waals surface area contributed by atoms with Crippen LogP contribution in [-0.4, -0.2) is 28.9 Å². The van der Waals surface area contributed by atoms with Crippen molar-refractivity contribution in [3.05, 3.63) is 83.2 Å². The highest BCUT2D eigenvalue weighted by Crippen LogP contribution is 2.20. The number of anilines is 1. The second-order valence-electron chi connectivity index (χ2n) is 6.91. The van der Waals surface area contributed by atoms with Crippen LogP contribution in [0.25, 0.3) is 0 Å². The second-order valence-corrected chi connectivity index (χ2v) is 6.91. The first kappa shape index (κ1) is 22.0. The lowest BCUT2D eigenvalue weighted by atomic mass is 10.0. The predicted molar refractivity (Wildman–Crippen MR) is 122 cm³/mol. The summed E-state index contributed by atoms with van der Waals surface area (Å²) in [6.07, 6.45) is 2.55. The molecule has 0 saturated heterocycles. The molecule has 2 aromatic heterocycles. The summed E-state index contributed by atoms with van der Waals surface area (Å²) in [5.41, 5.74) is 8.03. The van der Waals surface area contributed by atoms with E-state index in [1.165, 1.54) is 0 Å². The normalized spacial score (nSPS) is 11.3. The van der Waals surface area contributed by atoms with Crippen LogP contribution in [0.3, 0.4) is 0 Å². The van der Waals surface area contributed by atoms with E-state index in [1.807, 2.05) is 18.2 Å². The largest absolute Gasteiger partial charge is 0.476 e. The molecule has 0 spiro atoms. The van der Waals surface area contributed by atoms with E-state index in [0.717, 1.165) is 18.5 Å². The number of nitrogens with zero attached hydrogens (tertiary/aromatic N) is 2. The Morgan fingerprint density at radius 2 is 1.97 bits per heavy atom. The molecule has 6 nitrogen and oxygen atoms in total. The molecular formula is C25H26N4O2. The lowest BCUT2D eigenvalue weighted by molar-refractivity contribution is 0.103. The van der Waals surface area contributed by atoms with E-state index in [4.69, 9.17) is 10.5 Å². The van der Waals surface area contributed by atoms with E-state index in [2.05, 4.69) is 46.2 Å². The van der Waals surface area contributed by atoms with Crippen molar-refractivity contribution in [1.82, 2.24) is 15.3 Å². The summed E-state index contributed by atoms with van der Waals surface area (Å²) < 4.78 is 5.99. The van der Waals surface area contributed by atoms with Crippen molar-refractivity contribution in [2.45, 2.75) is 26.3 Å². The van der Waals surface area contributed by atoms with Gasteiger partial charge in [-0.25, -0.2) is 9.97 Å². The van der Waals surface area contributed by atoms with Gasteiger partial charge in [0.2, 0.25) is 11.7 Å². The molecule has 0 fully saturated rings.